The van der Waals surface area contributed by atoms with E-state index in [2.05, 4.69) is 43.9 Å². The van der Waals surface area contributed by atoms with E-state index in [1.165, 1.54) is 16.4 Å². The van der Waals surface area contributed by atoms with E-state index in [1.54, 1.807) is 26.3 Å². The molecule has 51 heavy (non-hydrogen) atoms. The molecular formula is C36H49FN8O5S. The summed E-state index contributed by atoms with van der Waals surface area (Å²) >= 11 is 0. The van der Waals surface area contributed by atoms with Crippen molar-refractivity contribution in [3.05, 3.63) is 48.4 Å². The first-order chi connectivity index (χ1) is 24.6. The SMILES string of the molecule is C=Cc1cnc2nc1Nc1cc(F)c(cc1N(CC)S(C)(=O)=O)OCCCCOc1cc(c(OC)cc1N1CCC(N3CCN(C)CC3)CC1)N2. The van der Waals surface area contributed by atoms with Gasteiger partial charge >= 0.3 is 0 Å². The van der Waals surface area contributed by atoms with Gasteiger partial charge in [0.05, 0.1) is 49.3 Å². The van der Waals surface area contributed by atoms with Gasteiger partial charge in [0, 0.05) is 87.9 Å². The third-order valence-electron chi connectivity index (χ3n) is 9.74. The molecule has 0 saturated carbocycles. The molecule has 0 aliphatic carbocycles. The summed E-state index contributed by atoms with van der Waals surface area (Å²) in [6, 6.07) is 7.13. The van der Waals surface area contributed by atoms with Gasteiger partial charge in [0.2, 0.25) is 16.0 Å². The van der Waals surface area contributed by atoms with Crippen LogP contribution in [0.2, 0.25) is 0 Å². The average molecular weight is 725 g/mol. The van der Waals surface area contributed by atoms with Crippen molar-refractivity contribution in [1.29, 1.82) is 0 Å². The molecule has 2 saturated heterocycles. The number of sulfonamides is 1. The molecule has 276 valence electrons. The Bertz CT molecular complexity index is 1810. The van der Waals surface area contributed by atoms with Crippen LogP contribution in [0.3, 0.4) is 0 Å². The topological polar surface area (TPSA) is 125 Å². The third-order valence-corrected chi connectivity index (χ3v) is 11.0. The maximum atomic E-state index is 15.5. The van der Waals surface area contributed by atoms with Crippen LogP contribution < -0.4 is 34.0 Å². The molecule has 4 aliphatic rings. The van der Waals surface area contributed by atoms with Gasteiger partial charge in [-0.2, -0.15) is 4.98 Å². The molecule has 7 rings (SSSR count). The van der Waals surface area contributed by atoms with Gasteiger partial charge in [0.15, 0.2) is 11.6 Å². The van der Waals surface area contributed by atoms with Gasteiger partial charge < -0.3 is 34.6 Å². The summed E-state index contributed by atoms with van der Waals surface area (Å²) in [7, 11) is 0.0930. The number of piperazine rings is 1. The minimum Gasteiger partial charge on any atom is -0.494 e. The van der Waals surface area contributed by atoms with Crippen LogP contribution in [-0.2, 0) is 10.0 Å². The van der Waals surface area contributed by atoms with Gasteiger partial charge in [-0.05, 0) is 39.7 Å². The zero-order valence-electron chi connectivity index (χ0n) is 30.0. The van der Waals surface area contributed by atoms with E-state index in [9.17, 15) is 8.42 Å². The second-order valence-electron chi connectivity index (χ2n) is 13.2. The lowest BCUT2D eigenvalue weighted by atomic mass is 10.0. The summed E-state index contributed by atoms with van der Waals surface area (Å²) in [4.78, 5) is 16.6. The average Bonchev–Trinajstić information content (AvgIpc) is 3.11. The van der Waals surface area contributed by atoms with Crippen molar-refractivity contribution in [3.63, 3.8) is 0 Å². The fraction of sp³-hybridized carbons (Fsp3) is 0.500. The Morgan fingerprint density at radius 3 is 2.37 bits per heavy atom. The van der Waals surface area contributed by atoms with Crippen LogP contribution in [0.25, 0.3) is 6.08 Å². The zero-order valence-corrected chi connectivity index (χ0v) is 30.8. The largest absolute Gasteiger partial charge is 0.494 e. The first kappa shape index (κ1) is 36.5. The van der Waals surface area contributed by atoms with Gasteiger partial charge in [-0.3, -0.25) is 9.21 Å². The van der Waals surface area contributed by atoms with Crippen LogP contribution in [-0.4, -0.2) is 114 Å². The normalized spacial score (nSPS) is 18.0. The number of piperidine rings is 1. The number of nitrogens with zero attached hydrogens (tertiary/aromatic N) is 6. The van der Waals surface area contributed by atoms with Crippen molar-refractivity contribution in [3.8, 4) is 17.2 Å². The minimum absolute atomic E-state index is 0.0456. The molecule has 15 heteroatoms. The lowest BCUT2D eigenvalue weighted by Crippen LogP contribution is -2.52. The van der Waals surface area contributed by atoms with E-state index in [0.29, 0.717) is 48.2 Å². The molecule has 6 bridgehead atoms. The minimum atomic E-state index is -3.72. The summed E-state index contributed by atoms with van der Waals surface area (Å²) in [5, 5.41) is 6.43. The standard InChI is InChI=1S/C36H49FN8O5S/c1-6-25-24-38-36-40-29-21-34(31(23-33(29)48-4)44-12-10-26(11-13-44)43-16-14-42(3)15-17-43)50-19-9-8-18-49-32-22-30(45(7-2)51(5,46)47)28(20-27(32)37)39-35(25)41-36/h6,20-24,26H,1,7-19H2,2-5H3,(H2,38,39,40,41). The van der Waals surface area contributed by atoms with E-state index in [0.717, 1.165) is 64.1 Å². The van der Waals surface area contributed by atoms with Gasteiger partial charge in [0.1, 0.15) is 17.3 Å². The number of ether oxygens (including phenoxy) is 3. The fourth-order valence-corrected chi connectivity index (χ4v) is 7.88. The Hall–Kier alpha value is -4.34. The molecule has 2 N–H and O–H groups in total. The van der Waals surface area contributed by atoms with Crippen LogP contribution >= 0.6 is 0 Å². The van der Waals surface area contributed by atoms with Crippen molar-refractivity contribution >= 4 is 50.6 Å². The molecule has 13 nitrogen and oxygen atoms in total. The van der Waals surface area contributed by atoms with E-state index >= 15 is 4.39 Å². The third kappa shape index (κ3) is 8.42. The van der Waals surface area contributed by atoms with Gasteiger partial charge in [-0.1, -0.05) is 12.7 Å². The Balaban J connectivity index is 1.34. The molecular weight excluding hydrogens is 676 g/mol. The number of hydrogen-bond acceptors (Lipinski definition) is 12. The molecule has 1 aromatic heterocycles. The van der Waals surface area contributed by atoms with Crippen LogP contribution in [0, 0.1) is 5.82 Å². The number of aromatic nitrogens is 2. The predicted octanol–water partition coefficient (Wildman–Crippen LogP) is 5.31. The predicted molar refractivity (Wildman–Crippen MR) is 200 cm³/mol. The number of benzene rings is 2. The summed E-state index contributed by atoms with van der Waals surface area (Å²) < 4.78 is 60.5. The molecule has 2 aromatic carbocycles. The highest BCUT2D eigenvalue weighted by Crippen LogP contribution is 2.42. The maximum Gasteiger partial charge on any atom is 0.232 e. The summed E-state index contributed by atoms with van der Waals surface area (Å²) in [5.74, 6) is 1.14. The number of halogens is 1. The number of hydrogen-bond donors (Lipinski definition) is 2. The molecule has 4 aliphatic heterocycles. The van der Waals surface area contributed by atoms with Crippen molar-refractivity contribution in [1.82, 2.24) is 19.8 Å². The first-order valence-corrected chi connectivity index (χ1v) is 19.4. The van der Waals surface area contributed by atoms with Crippen molar-refractivity contribution in [2.24, 2.45) is 0 Å². The van der Waals surface area contributed by atoms with E-state index in [1.807, 2.05) is 12.1 Å². The highest BCUT2D eigenvalue weighted by molar-refractivity contribution is 7.92. The van der Waals surface area contributed by atoms with Crippen LogP contribution in [0.15, 0.2) is 37.0 Å². The maximum absolute atomic E-state index is 15.5. The lowest BCUT2D eigenvalue weighted by Gasteiger charge is -2.42. The number of nitrogens with one attached hydrogen (secondary N) is 2. The fourth-order valence-electron chi connectivity index (χ4n) is 6.90. The molecule has 0 atom stereocenters. The molecule has 0 unspecified atom stereocenters. The number of rotatable bonds is 7. The Morgan fingerprint density at radius 1 is 1.02 bits per heavy atom. The Kier molecular flexibility index (Phi) is 11.4. The highest BCUT2D eigenvalue weighted by atomic mass is 32.2. The number of anilines is 6. The van der Waals surface area contributed by atoms with Crippen molar-refractivity contribution < 1.29 is 27.0 Å². The molecule has 5 heterocycles. The highest BCUT2D eigenvalue weighted by Gasteiger charge is 2.29. The second kappa shape index (κ2) is 15.9. The quantitative estimate of drug-likeness (QED) is 0.328. The Labute approximate surface area is 300 Å². The van der Waals surface area contributed by atoms with E-state index < -0.39 is 15.8 Å². The summed E-state index contributed by atoms with van der Waals surface area (Å²) in [6.07, 6.45) is 7.62. The zero-order chi connectivity index (χ0) is 36.1. The first-order valence-electron chi connectivity index (χ1n) is 17.6. The molecule has 2 fully saturated rings. The number of fused-ring (bicyclic) bond motifs is 7. The lowest BCUT2D eigenvalue weighted by molar-refractivity contribution is 0.0981. The number of likely N-dealkylation sites (N-methyl/N-ethyl adjacent to an activating group) is 1. The summed E-state index contributed by atoms with van der Waals surface area (Å²) in [6.45, 7) is 12.6. The molecule has 0 radical (unpaired) electrons. The van der Waals surface area contributed by atoms with Crippen LogP contribution in [0.4, 0.5) is 38.9 Å². The summed E-state index contributed by atoms with van der Waals surface area (Å²) in [5.41, 5.74) is 2.50. The van der Waals surface area contributed by atoms with Crippen LogP contribution in [0.1, 0.15) is 38.2 Å². The van der Waals surface area contributed by atoms with Crippen molar-refractivity contribution in [2.75, 3.05) is 99.3 Å². The van der Waals surface area contributed by atoms with E-state index in [4.69, 9.17) is 19.2 Å². The smallest absolute Gasteiger partial charge is 0.232 e. The van der Waals surface area contributed by atoms with Gasteiger partial charge in [-0.15, -0.1) is 0 Å². The van der Waals surface area contributed by atoms with Gasteiger partial charge in [0.25, 0.3) is 0 Å². The van der Waals surface area contributed by atoms with Crippen LogP contribution in [0.5, 0.6) is 17.2 Å². The molecule has 0 amide bonds. The van der Waals surface area contributed by atoms with Crippen molar-refractivity contribution in [2.45, 2.75) is 38.6 Å². The second-order valence-corrected chi connectivity index (χ2v) is 15.1. The Morgan fingerprint density at radius 2 is 1.73 bits per heavy atom. The van der Waals surface area contributed by atoms with E-state index in [-0.39, 0.29) is 42.0 Å². The monoisotopic (exact) mass is 724 g/mol. The number of methoxy groups -OCH3 is 1. The molecule has 3 aromatic rings. The van der Waals surface area contributed by atoms with Gasteiger partial charge in [-0.25, -0.2) is 17.8 Å². The molecule has 0 spiro atoms.